The predicted octanol–water partition coefficient (Wildman–Crippen LogP) is -0.818. The highest BCUT2D eigenvalue weighted by Gasteiger charge is 2.32. The Kier molecular flexibility index (Phi) is 8.34. The van der Waals surface area contributed by atoms with E-state index >= 15 is 0 Å². The Morgan fingerprint density at radius 2 is 1.77 bits per heavy atom. The second-order valence-corrected chi connectivity index (χ2v) is 8.85. The molecule has 2 heterocycles. The third-order valence-electron chi connectivity index (χ3n) is 6.71. The van der Waals surface area contributed by atoms with Crippen LogP contribution in [-0.4, -0.2) is 85.6 Å². The van der Waals surface area contributed by atoms with E-state index in [1.54, 1.807) is 24.9 Å². The van der Waals surface area contributed by atoms with Crippen LogP contribution in [0.3, 0.4) is 0 Å². The van der Waals surface area contributed by atoms with Gasteiger partial charge in [0.2, 0.25) is 0 Å². The Bertz CT molecular complexity index is 762. The summed E-state index contributed by atoms with van der Waals surface area (Å²) in [4.78, 5) is 33.0. The van der Waals surface area contributed by atoms with Gasteiger partial charge < -0.3 is 15.1 Å². The van der Waals surface area contributed by atoms with Crippen LogP contribution >= 0.6 is 0 Å². The first-order valence-corrected chi connectivity index (χ1v) is 11.2. The molecule has 0 aliphatic carbocycles. The van der Waals surface area contributed by atoms with Crippen molar-refractivity contribution in [3.05, 3.63) is 23.8 Å². The van der Waals surface area contributed by atoms with Crippen molar-refractivity contribution in [2.75, 3.05) is 39.8 Å². The first-order valence-electron chi connectivity index (χ1n) is 11.2. The van der Waals surface area contributed by atoms with E-state index < -0.39 is 6.10 Å². The number of amides is 2. The normalized spacial score (nSPS) is 19.9. The number of hydrogen-bond acceptors (Lipinski definition) is 6. The lowest BCUT2D eigenvalue weighted by Gasteiger charge is -2.40. The van der Waals surface area contributed by atoms with Crippen LogP contribution in [0.1, 0.15) is 31.2 Å². The van der Waals surface area contributed by atoms with E-state index in [1.807, 2.05) is 6.07 Å². The van der Waals surface area contributed by atoms with E-state index in [0.29, 0.717) is 31.5 Å². The minimum absolute atomic E-state index is 0.117. The van der Waals surface area contributed by atoms with E-state index in [-0.39, 0.29) is 24.0 Å². The van der Waals surface area contributed by atoms with E-state index in [0.717, 1.165) is 49.8 Å². The average molecular weight is 431 g/mol. The molecule has 170 valence electrons. The lowest BCUT2D eigenvalue weighted by atomic mass is 9.78. The largest absolute Gasteiger partial charge is 0.509 e. The maximum atomic E-state index is 12.7. The number of phenolic OH excluding ortho intramolecular Hbond substituents is 1. The zero-order valence-corrected chi connectivity index (χ0v) is 18.5. The van der Waals surface area contributed by atoms with Gasteiger partial charge in [-0.25, -0.2) is 5.48 Å². The van der Waals surface area contributed by atoms with E-state index in [1.165, 1.54) is 7.11 Å². The molecule has 0 bridgehead atoms. The molecule has 2 aliphatic rings. The molecule has 0 radical (unpaired) electrons. The van der Waals surface area contributed by atoms with Gasteiger partial charge in [-0.15, -0.1) is 0 Å². The molecule has 2 saturated heterocycles. The molecule has 31 heavy (non-hydrogen) atoms. The van der Waals surface area contributed by atoms with Crippen molar-refractivity contribution in [2.24, 2.45) is 11.8 Å². The maximum Gasteiger partial charge on any atom is 0.257 e. The molecule has 2 amide bonds. The van der Waals surface area contributed by atoms with Crippen LogP contribution in [0.25, 0.3) is 0 Å². The molecule has 9 heteroatoms. The number of piperidine rings is 2. The number of aliphatic hydroxyl groups is 1. The van der Waals surface area contributed by atoms with Crippen molar-refractivity contribution in [2.45, 2.75) is 38.2 Å². The number of nitrogens with zero attached hydrogens (tertiary/aromatic N) is 2. The van der Waals surface area contributed by atoms with Crippen LogP contribution in [0.2, 0.25) is 0 Å². The maximum absolute atomic E-state index is 12.7. The van der Waals surface area contributed by atoms with Gasteiger partial charge in [-0.2, -0.15) is 0 Å². The van der Waals surface area contributed by atoms with Gasteiger partial charge in [0, 0.05) is 19.5 Å². The second kappa shape index (κ2) is 11.0. The number of carbonyl (C=O) groups is 2. The summed E-state index contributed by atoms with van der Waals surface area (Å²) in [7, 11) is 3.24. The predicted molar refractivity (Wildman–Crippen MR) is 120 cm³/mol. The number of nitrogens with one attached hydrogen (secondary N) is 1. The number of benzene rings is 1. The van der Waals surface area contributed by atoms with Crippen LogP contribution < -0.4 is 10.9 Å². The number of carbonyl (C=O) groups excluding carboxylic acids is 2. The summed E-state index contributed by atoms with van der Waals surface area (Å²) in [6.45, 7) is 3.56. The molecular weight excluding hydrogens is 397 g/mol. The fourth-order valence-corrected chi connectivity index (χ4v) is 4.89. The van der Waals surface area contributed by atoms with E-state index in [2.05, 4.69) is 15.2 Å². The van der Waals surface area contributed by atoms with Crippen molar-refractivity contribution >= 4 is 25.1 Å². The fraction of sp³-hybridized carbons (Fsp3) is 0.636. The highest BCUT2D eigenvalue weighted by Crippen LogP contribution is 2.32. The zero-order chi connectivity index (χ0) is 22.4. The fourth-order valence-electron chi connectivity index (χ4n) is 4.89. The first kappa shape index (κ1) is 23.6. The molecule has 2 aliphatic heterocycles. The Hall–Kier alpha value is -2.10. The molecule has 0 aromatic heterocycles. The van der Waals surface area contributed by atoms with Gasteiger partial charge in [-0.3, -0.25) is 19.3 Å². The van der Waals surface area contributed by atoms with Gasteiger partial charge >= 0.3 is 0 Å². The second-order valence-electron chi connectivity index (χ2n) is 8.85. The average Bonchev–Trinajstić information content (AvgIpc) is 2.76. The molecule has 1 atom stereocenters. The van der Waals surface area contributed by atoms with Gasteiger partial charge in [-0.1, -0.05) is 12.1 Å². The SMILES string of the molecule is Bc1cc(C[C@@H](O)C(=O)N2CCC(C3CCN(CC(=O)NOC)CC3)CC2)ccc1O. The Morgan fingerprint density at radius 1 is 1.16 bits per heavy atom. The van der Waals surface area contributed by atoms with Crippen molar-refractivity contribution in [1.29, 1.82) is 0 Å². The standard InChI is InChI=1S/C22H34BN3O5/c1-31-24-21(29)14-25-8-4-16(5-9-25)17-6-10-26(11-7-17)22(30)20(28)13-15-2-3-19(27)18(23)12-15/h2-3,12,16-17,20,27-28H,4-11,13-14,23H2,1H3,(H,24,29)/t20-/m1/s1. The van der Waals surface area contributed by atoms with Gasteiger partial charge in [-0.05, 0) is 67.7 Å². The number of aromatic hydroxyl groups is 1. The van der Waals surface area contributed by atoms with Crippen LogP contribution in [0.15, 0.2) is 18.2 Å². The molecule has 8 nitrogen and oxygen atoms in total. The quantitative estimate of drug-likeness (QED) is 0.385. The molecule has 0 saturated carbocycles. The van der Waals surface area contributed by atoms with Gasteiger partial charge in [0.05, 0.1) is 13.7 Å². The first-order chi connectivity index (χ1) is 14.9. The highest BCUT2D eigenvalue weighted by atomic mass is 16.6. The molecule has 0 unspecified atom stereocenters. The molecule has 1 aromatic rings. The van der Waals surface area contributed by atoms with Gasteiger partial charge in [0.1, 0.15) is 19.7 Å². The number of likely N-dealkylation sites (tertiary alicyclic amines) is 2. The molecular formula is C22H34BN3O5. The van der Waals surface area contributed by atoms with Crippen LogP contribution in [0.5, 0.6) is 5.75 Å². The van der Waals surface area contributed by atoms with Crippen LogP contribution in [0.4, 0.5) is 0 Å². The van der Waals surface area contributed by atoms with Gasteiger partial charge in [0.25, 0.3) is 11.8 Å². The lowest BCUT2D eigenvalue weighted by Crippen LogP contribution is -2.47. The smallest absolute Gasteiger partial charge is 0.257 e. The molecule has 3 N–H and O–H groups in total. The summed E-state index contributed by atoms with van der Waals surface area (Å²) in [5.41, 5.74) is 3.95. The number of phenols is 1. The van der Waals surface area contributed by atoms with Crippen molar-refractivity contribution in [3.8, 4) is 5.75 Å². The molecule has 1 aromatic carbocycles. The van der Waals surface area contributed by atoms with E-state index in [4.69, 9.17) is 0 Å². The lowest BCUT2D eigenvalue weighted by molar-refractivity contribution is -0.141. The Morgan fingerprint density at radius 3 is 2.35 bits per heavy atom. The summed E-state index contributed by atoms with van der Waals surface area (Å²) >= 11 is 0. The monoisotopic (exact) mass is 431 g/mol. The van der Waals surface area contributed by atoms with Gasteiger partial charge in [0.15, 0.2) is 0 Å². The van der Waals surface area contributed by atoms with Crippen molar-refractivity contribution < 1.29 is 24.6 Å². The number of hydrogen-bond donors (Lipinski definition) is 3. The topological polar surface area (TPSA) is 102 Å². The van der Waals surface area contributed by atoms with Crippen molar-refractivity contribution in [3.63, 3.8) is 0 Å². The van der Waals surface area contributed by atoms with E-state index in [9.17, 15) is 19.8 Å². The zero-order valence-electron chi connectivity index (χ0n) is 18.5. The summed E-state index contributed by atoms with van der Waals surface area (Å²) in [6.07, 6.45) is 3.28. The summed E-state index contributed by atoms with van der Waals surface area (Å²) in [5, 5.41) is 20.1. The third kappa shape index (κ3) is 6.44. The summed E-state index contributed by atoms with van der Waals surface area (Å²) in [5.74, 6) is 1.12. The third-order valence-corrected chi connectivity index (χ3v) is 6.71. The van der Waals surface area contributed by atoms with Crippen LogP contribution in [0, 0.1) is 11.8 Å². The van der Waals surface area contributed by atoms with Crippen LogP contribution in [-0.2, 0) is 20.8 Å². The van der Waals surface area contributed by atoms with Crippen molar-refractivity contribution in [1.82, 2.24) is 15.3 Å². The molecule has 0 spiro atoms. The summed E-state index contributed by atoms with van der Waals surface area (Å²) < 4.78 is 0. The molecule has 3 rings (SSSR count). The Labute approximate surface area is 184 Å². The minimum Gasteiger partial charge on any atom is -0.509 e. The Balaban J connectivity index is 1.41. The highest BCUT2D eigenvalue weighted by molar-refractivity contribution is 6.34. The minimum atomic E-state index is -1.05. The number of hydroxylamine groups is 1. The summed E-state index contributed by atoms with van der Waals surface area (Å²) in [6, 6.07) is 5.16. The number of rotatable bonds is 7. The number of aliphatic hydroxyl groups excluding tert-OH is 1. The molecule has 2 fully saturated rings.